The lowest BCUT2D eigenvalue weighted by molar-refractivity contribution is 0.147. The maximum atomic E-state index is 13.0. The Labute approximate surface area is 97.5 Å². The summed E-state index contributed by atoms with van der Waals surface area (Å²) in [5.74, 6) is -0.169. The van der Waals surface area contributed by atoms with E-state index >= 15 is 0 Å². The first-order chi connectivity index (χ1) is 7.45. The van der Waals surface area contributed by atoms with Gasteiger partial charge in [0, 0.05) is 18.6 Å². The second kappa shape index (κ2) is 5.41. The van der Waals surface area contributed by atoms with Crippen LogP contribution in [0.3, 0.4) is 0 Å². The summed E-state index contributed by atoms with van der Waals surface area (Å²) in [6.45, 7) is 6.00. The van der Waals surface area contributed by atoms with Crippen LogP contribution in [0.5, 0.6) is 0 Å². The molecular weight excluding hydrogens is 203 g/mol. The average molecular weight is 224 g/mol. The van der Waals surface area contributed by atoms with Gasteiger partial charge in [-0.15, -0.1) is 0 Å². The quantitative estimate of drug-likeness (QED) is 0.825. The highest BCUT2D eigenvalue weighted by Gasteiger charge is 2.22. The van der Waals surface area contributed by atoms with Crippen molar-refractivity contribution in [2.75, 3.05) is 20.6 Å². The van der Waals surface area contributed by atoms with Crippen molar-refractivity contribution in [1.82, 2.24) is 10.2 Å². The molecule has 0 aliphatic heterocycles. The topological polar surface area (TPSA) is 15.3 Å². The highest BCUT2D eigenvalue weighted by atomic mass is 19.1. The molecule has 0 heterocycles. The zero-order valence-corrected chi connectivity index (χ0v) is 10.5. The number of nitrogens with one attached hydrogen (secondary N) is 1. The number of benzene rings is 1. The van der Waals surface area contributed by atoms with E-state index in [9.17, 15) is 4.39 Å². The summed E-state index contributed by atoms with van der Waals surface area (Å²) in [6, 6.07) is 6.77. The summed E-state index contributed by atoms with van der Waals surface area (Å²) in [6.07, 6.45) is 0. The van der Waals surface area contributed by atoms with Crippen LogP contribution in [0.15, 0.2) is 24.3 Å². The van der Waals surface area contributed by atoms with E-state index < -0.39 is 0 Å². The van der Waals surface area contributed by atoms with Crippen molar-refractivity contribution >= 4 is 0 Å². The molecule has 0 saturated heterocycles. The molecule has 2 nitrogen and oxygen atoms in total. The minimum absolute atomic E-state index is 0.0566. The van der Waals surface area contributed by atoms with E-state index in [0.717, 1.165) is 18.7 Å². The van der Waals surface area contributed by atoms with E-state index in [1.807, 2.05) is 13.1 Å². The number of likely N-dealkylation sites (N-methyl/N-ethyl adjacent to an activating group) is 2. The van der Waals surface area contributed by atoms with Crippen molar-refractivity contribution in [3.05, 3.63) is 35.6 Å². The first-order valence-electron chi connectivity index (χ1n) is 5.56. The van der Waals surface area contributed by atoms with Crippen LogP contribution in [0.1, 0.15) is 19.4 Å². The van der Waals surface area contributed by atoms with Crippen molar-refractivity contribution in [3.8, 4) is 0 Å². The molecule has 0 unspecified atom stereocenters. The Kier molecular flexibility index (Phi) is 4.44. The number of hydrogen-bond donors (Lipinski definition) is 1. The molecule has 90 valence electrons. The zero-order valence-electron chi connectivity index (χ0n) is 10.5. The van der Waals surface area contributed by atoms with Crippen molar-refractivity contribution in [3.63, 3.8) is 0 Å². The highest BCUT2D eigenvalue weighted by molar-refractivity contribution is 5.16. The maximum Gasteiger partial charge on any atom is 0.123 e. The molecule has 1 aromatic rings. The van der Waals surface area contributed by atoms with Crippen LogP contribution in [0, 0.1) is 5.82 Å². The molecule has 0 aliphatic rings. The van der Waals surface area contributed by atoms with Crippen LogP contribution in [0.4, 0.5) is 4.39 Å². The van der Waals surface area contributed by atoms with Crippen LogP contribution in [-0.4, -0.2) is 31.1 Å². The van der Waals surface area contributed by atoms with E-state index in [2.05, 4.69) is 31.1 Å². The fraction of sp³-hybridized carbons (Fsp3) is 0.538. The van der Waals surface area contributed by atoms with Gasteiger partial charge in [-0.25, -0.2) is 4.39 Å². The normalized spacial score (nSPS) is 12.1. The van der Waals surface area contributed by atoms with Gasteiger partial charge in [0.25, 0.3) is 0 Å². The van der Waals surface area contributed by atoms with Gasteiger partial charge in [-0.2, -0.15) is 0 Å². The van der Waals surface area contributed by atoms with Crippen LogP contribution < -0.4 is 5.32 Å². The number of halogens is 1. The second-order valence-electron chi connectivity index (χ2n) is 4.83. The molecule has 1 N–H and O–H groups in total. The smallest absolute Gasteiger partial charge is 0.123 e. The van der Waals surface area contributed by atoms with Crippen LogP contribution in [-0.2, 0) is 6.54 Å². The van der Waals surface area contributed by atoms with Crippen molar-refractivity contribution in [1.29, 1.82) is 0 Å². The number of rotatable bonds is 5. The molecule has 0 spiro atoms. The maximum absolute atomic E-state index is 13.0. The third-order valence-electron chi connectivity index (χ3n) is 2.95. The van der Waals surface area contributed by atoms with E-state index in [4.69, 9.17) is 0 Å². The molecular formula is C13H21FN2. The molecule has 16 heavy (non-hydrogen) atoms. The summed E-state index contributed by atoms with van der Waals surface area (Å²) < 4.78 is 13.0. The Bertz CT molecular complexity index is 336. The fourth-order valence-electron chi connectivity index (χ4n) is 1.69. The van der Waals surface area contributed by atoms with Crippen LogP contribution >= 0.6 is 0 Å². The van der Waals surface area contributed by atoms with E-state index in [-0.39, 0.29) is 11.4 Å². The molecule has 0 atom stereocenters. The first-order valence-corrected chi connectivity index (χ1v) is 5.56. The lowest BCUT2D eigenvalue weighted by Crippen LogP contribution is -2.47. The third-order valence-corrected chi connectivity index (χ3v) is 2.95. The fourth-order valence-corrected chi connectivity index (χ4v) is 1.69. The van der Waals surface area contributed by atoms with Crippen molar-refractivity contribution in [2.45, 2.75) is 25.9 Å². The molecule has 0 bridgehead atoms. The van der Waals surface area contributed by atoms with E-state index in [1.165, 1.54) is 6.07 Å². The van der Waals surface area contributed by atoms with E-state index in [1.54, 1.807) is 12.1 Å². The predicted octanol–water partition coefficient (Wildman–Crippen LogP) is 2.26. The van der Waals surface area contributed by atoms with E-state index in [0.29, 0.717) is 0 Å². The summed E-state index contributed by atoms with van der Waals surface area (Å²) in [4.78, 5) is 2.22. The van der Waals surface area contributed by atoms with Gasteiger partial charge in [-0.3, -0.25) is 4.90 Å². The Morgan fingerprint density at radius 3 is 2.62 bits per heavy atom. The van der Waals surface area contributed by atoms with Crippen molar-refractivity contribution in [2.24, 2.45) is 0 Å². The highest BCUT2D eigenvalue weighted by Crippen LogP contribution is 2.15. The first kappa shape index (κ1) is 13.1. The molecule has 0 fully saturated rings. The minimum atomic E-state index is -0.169. The number of nitrogens with zero attached hydrogens (tertiary/aromatic N) is 1. The lowest BCUT2D eigenvalue weighted by atomic mass is 10.0. The van der Waals surface area contributed by atoms with Gasteiger partial charge in [-0.05, 0) is 45.6 Å². The summed E-state index contributed by atoms with van der Waals surface area (Å²) in [5, 5.41) is 3.17. The monoisotopic (exact) mass is 224 g/mol. The molecule has 0 radical (unpaired) electrons. The molecule has 0 amide bonds. The van der Waals surface area contributed by atoms with Gasteiger partial charge in [0.05, 0.1) is 0 Å². The van der Waals surface area contributed by atoms with Gasteiger partial charge < -0.3 is 5.32 Å². The predicted molar refractivity (Wildman–Crippen MR) is 65.9 cm³/mol. The Hall–Kier alpha value is -0.930. The minimum Gasteiger partial charge on any atom is -0.318 e. The molecule has 3 heteroatoms. The summed E-state index contributed by atoms with van der Waals surface area (Å²) in [5.41, 5.74) is 1.06. The lowest BCUT2D eigenvalue weighted by Gasteiger charge is -2.35. The molecule has 1 aromatic carbocycles. The van der Waals surface area contributed by atoms with Gasteiger partial charge >= 0.3 is 0 Å². The Morgan fingerprint density at radius 2 is 2.06 bits per heavy atom. The Morgan fingerprint density at radius 1 is 1.38 bits per heavy atom. The Balaban J connectivity index is 2.67. The van der Waals surface area contributed by atoms with Crippen molar-refractivity contribution < 1.29 is 4.39 Å². The third kappa shape index (κ3) is 3.58. The summed E-state index contributed by atoms with van der Waals surface area (Å²) >= 11 is 0. The molecule has 0 aromatic heterocycles. The molecule has 1 rings (SSSR count). The van der Waals surface area contributed by atoms with Crippen LogP contribution in [0.2, 0.25) is 0 Å². The second-order valence-corrected chi connectivity index (χ2v) is 4.83. The average Bonchev–Trinajstić information content (AvgIpc) is 2.17. The van der Waals surface area contributed by atoms with Gasteiger partial charge in [0.2, 0.25) is 0 Å². The zero-order chi connectivity index (χ0) is 12.2. The largest absolute Gasteiger partial charge is 0.318 e. The van der Waals surface area contributed by atoms with Crippen LogP contribution in [0.25, 0.3) is 0 Å². The van der Waals surface area contributed by atoms with Gasteiger partial charge in [-0.1, -0.05) is 12.1 Å². The standard InChI is InChI=1S/C13H21FN2/c1-13(2,10-15-3)16(4)9-11-6-5-7-12(14)8-11/h5-8,15H,9-10H2,1-4H3. The van der Waals surface area contributed by atoms with Gasteiger partial charge in [0.1, 0.15) is 5.82 Å². The molecule has 0 saturated carbocycles. The summed E-state index contributed by atoms with van der Waals surface area (Å²) in [7, 11) is 4.00. The SMILES string of the molecule is CNCC(C)(C)N(C)Cc1cccc(F)c1. The number of hydrogen-bond acceptors (Lipinski definition) is 2. The molecule has 0 aliphatic carbocycles. The van der Waals surface area contributed by atoms with Gasteiger partial charge in [0.15, 0.2) is 0 Å².